The molecular weight excluding hydrogens is 308 g/mol. The zero-order valence-electron chi connectivity index (χ0n) is 14.6. The van der Waals surface area contributed by atoms with Crippen LogP contribution < -0.4 is 0 Å². The van der Waals surface area contributed by atoms with E-state index in [9.17, 15) is 25.2 Å². The number of fused-ring (bicyclic) bond motifs is 5. The summed E-state index contributed by atoms with van der Waals surface area (Å²) < 4.78 is 0. The summed E-state index contributed by atoms with van der Waals surface area (Å²) in [7, 11) is 0. The summed E-state index contributed by atoms with van der Waals surface area (Å²) in [4.78, 5) is 12.4. The highest BCUT2D eigenvalue weighted by molar-refractivity contribution is 5.87. The highest BCUT2D eigenvalue weighted by Gasteiger charge is 2.69. The summed E-state index contributed by atoms with van der Waals surface area (Å²) in [6.07, 6.45) is 1.30. The lowest BCUT2D eigenvalue weighted by atomic mass is 9.42. The Bertz CT molecular complexity index is 564. The van der Waals surface area contributed by atoms with Crippen LogP contribution in [0.25, 0.3) is 0 Å². The summed E-state index contributed by atoms with van der Waals surface area (Å²) in [5, 5.41) is 43.0. The van der Waals surface area contributed by atoms with Crippen molar-refractivity contribution in [3.63, 3.8) is 0 Å². The van der Waals surface area contributed by atoms with E-state index < -0.39 is 29.3 Å². The molecule has 0 amide bonds. The van der Waals surface area contributed by atoms with Gasteiger partial charge in [0.25, 0.3) is 0 Å². The van der Waals surface area contributed by atoms with E-state index in [-0.39, 0.29) is 36.0 Å². The molecule has 5 nitrogen and oxygen atoms in total. The van der Waals surface area contributed by atoms with Gasteiger partial charge in [0, 0.05) is 23.7 Å². The lowest BCUT2D eigenvalue weighted by Gasteiger charge is -2.65. The summed E-state index contributed by atoms with van der Waals surface area (Å²) in [5.74, 6) is 0.808. The number of hydrogen-bond donors (Lipinski definition) is 4. The monoisotopic (exact) mass is 338 g/mol. The van der Waals surface area contributed by atoms with Crippen LogP contribution in [0.1, 0.15) is 58.8 Å². The molecule has 0 bridgehead atoms. The Balaban J connectivity index is 1.76. The SMILES string of the molecule is C[C@]12CC[C@@H]3[C@@H](CC(O)C4(O)CC(O)CC(O)[C@]34C)[C@@H]1CCC2=O. The molecule has 9 atom stereocenters. The third kappa shape index (κ3) is 1.82. The van der Waals surface area contributed by atoms with Gasteiger partial charge in [0.15, 0.2) is 0 Å². The van der Waals surface area contributed by atoms with Crippen molar-refractivity contribution < 1.29 is 25.2 Å². The third-order valence-electron chi connectivity index (χ3n) is 8.63. The maximum absolute atomic E-state index is 12.4. The molecule has 4 fully saturated rings. The lowest BCUT2D eigenvalue weighted by Crippen LogP contribution is -2.72. The topological polar surface area (TPSA) is 98.0 Å². The fraction of sp³-hybridized carbons (Fsp3) is 0.947. The Hall–Kier alpha value is -0.490. The molecular formula is C19H30O5. The van der Waals surface area contributed by atoms with Crippen LogP contribution in [0.5, 0.6) is 0 Å². The highest BCUT2D eigenvalue weighted by Crippen LogP contribution is 2.66. The van der Waals surface area contributed by atoms with Gasteiger partial charge in [-0.05, 0) is 49.9 Å². The molecule has 4 unspecified atom stereocenters. The number of ketones is 1. The van der Waals surface area contributed by atoms with Crippen LogP contribution in [-0.4, -0.2) is 50.1 Å². The van der Waals surface area contributed by atoms with Crippen molar-refractivity contribution in [2.45, 2.75) is 82.7 Å². The van der Waals surface area contributed by atoms with Gasteiger partial charge in [0.2, 0.25) is 0 Å². The molecule has 5 heteroatoms. The van der Waals surface area contributed by atoms with Gasteiger partial charge >= 0.3 is 0 Å². The summed E-state index contributed by atoms with van der Waals surface area (Å²) >= 11 is 0. The molecule has 0 heterocycles. The molecule has 0 spiro atoms. The quantitative estimate of drug-likeness (QED) is 0.529. The predicted molar refractivity (Wildman–Crippen MR) is 87.0 cm³/mol. The van der Waals surface area contributed by atoms with Gasteiger partial charge in [-0.3, -0.25) is 4.79 Å². The van der Waals surface area contributed by atoms with E-state index in [2.05, 4.69) is 6.92 Å². The minimum Gasteiger partial charge on any atom is -0.393 e. The Morgan fingerprint density at radius 2 is 1.71 bits per heavy atom. The first-order chi connectivity index (χ1) is 11.1. The first-order valence-corrected chi connectivity index (χ1v) is 9.44. The van der Waals surface area contributed by atoms with Crippen LogP contribution in [0.15, 0.2) is 0 Å². The smallest absolute Gasteiger partial charge is 0.139 e. The Morgan fingerprint density at radius 1 is 1.00 bits per heavy atom. The van der Waals surface area contributed by atoms with E-state index in [1.807, 2.05) is 6.92 Å². The van der Waals surface area contributed by atoms with Crippen LogP contribution in [0, 0.1) is 28.6 Å². The molecule has 0 aliphatic heterocycles. The maximum atomic E-state index is 12.4. The average molecular weight is 338 g/mol. The molecule has 0 aromatic heterocycles. The van der Waals surface area contributed by atoms with Crippen LogP contribution in [0.4, 0.5) is 0 Å². The third-order valence-corrected chi connectivity index (χ3v) is 8.63. The van der Waals surface area contributed by atoms with Crippen molar-refractivity contribution in [1.82, 2.24) is 0 Å². The van der Waals surface area contributed by atoms with Crippen molar-refractivity contribution in [3.8, 4) is 0 Å². The van der Waals surface area contributed by atoms with Crippen molar-refractivity contribution in [1.29, 1.82) is 0 Å². The Kier molecular flexibility index (Phi) is 3.55. The number of hydrogen-bond acceptors (Lipinski definition) is 5. The molecule has 4 saturated carbocycles. The van der Waals surface area contributed by atoms with Gasteiger partial charge in [-0.15, -0.1) is 0 Å². The van der Waals surface area contributed by atoms with Gasteiger partial charge < -0.3 is 20.4 Å². The second-order valence-corrected chi connectivity index (χ2v) is 9.36. The molecule has 136 valence electrons. The van der Waals surface area contributed by atoms with Crippen LogP contribution in [0.2, 0.25) is 0 Å². The second kappa shape index (κ2) is 5.03. The van der Waals surface area contributed by atoms with Crippen molar-refractivity contribution in [2.75, 3.05) is 0 Å². The molecule has 4 rings (SSSR count). The normalized spacial score (nSPS) is 60.3. The standard InChI is InChI=1S/C19H30O5/c1-17-6-5-13-11(12(17)3-4-14(17)21)8-16(23)19(24)9-10(20)7-15(22)18(13,19)2/h10-13,15-16,20,22-24H,3-9H2,1-2H3/t10?,11-,12-,13+,15?,16?,17-,18-,19?/m0/s1. The number of Topliss-reactive ketones (excluding diaryl/α,β-unsaturated/α-hetero) is 1. The van der Waals surface area contributed by atoms with Crippen LogP contribution in [0.3, 0.4) is 0 Å². The van der Waals surface area contributed by atoms with Crippen molar-refractivity contribution in [2.24, 2.45) is 28.6 Å². The predicted octanol–water partition coefficient (Wildman–Crippen LogP) is 1.02. The van der Waals surface area contributed by atoms with E-state index in [0.717, 1.165) is 19.3 Å². The average Bonchev–Trinajstić information content (AvgIpc) is 2.80. The van der Waals surface area contributed by atoms with Crippen LogP contribution in [-0.2, 0) is 4.79 Å². The fourth-order valence-corrected chi connectivity index (χ4v) is 7.10. The minimum atomic E-state index is -1.46. The Morgan fingerprint density at radius 3 is 2.42 bits per heavy atom. The lowest BCUT2D eigenvalue weighted by molar-refractivity contribution is -0.293. The van der Waals surface area contributed by atoms with Gasteiger partial charge in [-0.2, -0.15) is 0 Å². The minimum absolute atomic E-state index is 0.0809. The van der Waals surface area contributed by atoms with Crippen molar-refractivity contribution >= 4 is 5.78 Å². The van der Waals surface area contributed by atoms with E-state index >= 15 is 0 Å². The number of carbonyl (C=O) groups excluding carboxylic acids is 1. The number of aliphatic hydroxyl groups is 4. The first kappa shape index (κ1) is 17.0. The summed E-state index contributed by atoms with van der Waals surface area (Å²) in [6, 6.07) is 0. The number of rotatable bonds is 0. The van der Waals surface area contributed by atoms with E-state index in [0.29, 0.717) is 18.6 Å². The largest absolute Gasteiger partial charge is 0.393 e. The van der Waals surface area contributed by atoms with Gasteiger partial charge in [-0.1, -0.05) is 13.8 Å². The molecule has 0 saturated heterocycles. The second-order valence-electron chi connectivity index (χ2n) is 9.36. The van der Waals surface area contributed by atoms with E-state index in [1.54, 1.807) is 0 Å². The molecule has 24 heavy (non-hydrogen) atoms. The molecule has 0 aromatic rings. The number of aliphatic hydroxyl groups excluding tert-OH is 3. The van der Waals surface area contributed by atoms with Gasteiger partial charge in [-0.25, -0.2) is 0 Å². The molecule has 0 aromatic carbocycles. The number of carbonyl (C=O) groups is 1. The Labute approximate surface area is 143 Å². The van der Waals surface area contributed by atoms with E-state index in [1.165, 1.54) is 0 Å². The van der Waals surface area contributed by atoms with E-state index in [4.69, 9.17) is 0 Å². The highest BCUT2D eigenvalue weighted by atomic mass is 16.4. The summed E-state index contributed by atoms with van der Waals surface area (Å²) in [6.45, 7) is 3.96. The molecule has 4 aliphatic rings. The summed E-state index contributed by atoms with van der Waals surface area (Å²) in [5.41, 5.74) is -2.59. The molecule has 4 N–H and O–H groups in total. The first-order valence-electron chi connectivity index (χ1n) is 9.44. The van der Waals surface area contributed by atoms with Crippen LogP contribution >= 0.6 is 0 Å². The molecule has 4 aliphatic carbocycles. The zero-order chi connectivity index (χ0) is 17.5. The van der Waals surface area contributed by atoms with Gasteiger partial charge in [0.1, 0.15) is 11.4 Å². The molecule has 0 radical (unpaired) electrons. The zero-order valence-corrected chi connectivity index (χ0v) is 14.6. The fourth-order valence-electron chi connectivity index (χ4n) is 7.10. The van der Waals surface area contributed by atoms with Gasteiger partial charge in [0.05, 0.1) is 18.3 Å². The maximum Gasteiger partial charge on any atom is 0.139 e. The van der Waals surface area contributed by atoms with Crippen molar-refractivity contribution in [3.05, 3.63) is 0 Å².